The average Bonchev–Trinajstić information content (AvgIpc) is 2.71. The molecular weight excluding hydrogens is 206 g/mol. The standard InChI is InChI=1S/C11H9N3O2/c1-3-6-14-10-5-4-8(11(15)16-2)7-9(10)12-13-14/h1,4-5,7H,6H2,2H3. The second-order valence-electron chi connectivity index (χ2n) is 3.15. The molecule has 0 amide bonds. The van der Waals surface area contributed by atoms with Gasteiger partial charge in [-0.2, -0.15) is 0 Å². The van der Waals surface area contributed by atoms with Gasteiger partial charge in [0.1, 0.15) is 12.1 Å². The number of fused-ring (bicyclic) bond motifs is 1. The van der Waals surface area contributed by atoms with E-state index in [1.807, 2.05) is 0 Å². The van der Waals surface area contributed by atoms with Gasteiger partial charge in [0.25, 0.3) is 0 Å². The van der Waals surface area contributed by atoms with Gasteiger partial charge in [-0.15, -0.1) is 11.5 Å². The van der Waals surface area contributed by atoms with Crippen LogP contribution in [-0.4, -0.2) is 28.1 Å². The van der Waals surface area contributed by atoms with E-state index in [2.05, 4.69) is 21.0 Å². The quantitative estimate of drug-likeness (QED) is 0.550. The fourth-order valence-electron chi connectivity index (χ4n) is 1.42. The lowest BCUT2D eigenvalue weighted by molar-refractivity contribution is 0.0601. The summed E-state index contributed by atoms with van der Waals surface area (Å²) in [5, 5.41) is 7.81. The van der Waals surface area contributed by atoms with E-state index in [9.17, 15) is 4.79 Å². The molecule has 80 valence electrons. The van der Waals surface area contributed by atoms with Crippen LogP contribution in [0.25, 0.3) is 11.0 Å². The van der Waals surface area contributed by atoms with Crippen molar-refractivity contribution in [2.45, 2.75) is 6.54 Å². The van der Waals surface area contributed by atoms with E-state index in [0.29, 0.717) is 17.6 Å². The highest BCUT2D eigenvalue weighted by molar-refractivity contribution is 5.93. The molecule has 5 heteroatoms. The lowest BCUT2D eigenvalue weighted by Gasteiger charge is -1.99. The van der Waals surface area contributed by atoms with Crippen molar-refractivity contribution in [1.82, 2.24) is 15.0 Å². The molecule has 5 nitrogen and oxygen atoms in total. The van der Waals surface area contributed by atoms with Crippen LogP contribution in [0.5, 0.6) is 0 Å². The predicted molar refractivity (Wildman–Crippen MR) is 57.7 cm³/mol. The van der Waals surface area contributed by atoms with Gasteiger partial charge in [0.2, 0.25) is 0 Å². The molecule has 1 aromatic heterocycles. The van der Waals surface area contributed by atoms with Crippen LogP contribution in [-0.2, 0) is 11.3 Å². The number of hydrogen-bond acceptors (Lipinski definition) is 4. The van der Waals surface area contributed by atoms with Crippen molar-refractivity contribution < 1.29 is 9.53 Å². The fraction of sp³-hybridized carbons (Fsp3) is 0.182. The number of rotatable bonds is 2. The first-order chi connectivity index (χ1) is 7.76. The zero-order chi connectivity index (χ0) is 11.5. The van der Waals surface area contributed by atoms with Gasteiger partial charge >= 0.3 is 5.97 Å². The molecule has 0 saturated heterocycles. The smallest absolute Gasteiger partial charge is 0.337 e. The second-order valence-corrected chi connectivity index (χ2v) is 3.15. The number of methoxy groups -OCH3 is 1. The highest BCUT2D eigenvalue weighted by Crippen LogP contribution is 2.13. The Kier molecular flexibility index (Phi) is 2.56. The van der Waals surface area contributed by atoms with Crippen LogP contribution in [0.2, 0.25) is 0 Å². The molecule has 0 atom stereocenters. The van der Waals surface area contributed by atoms with Crippen molar-refractivity contribution >= 4 is 17.0 Å². The van der Waals surface area contributed by atoms with Crippen LogP contribution in [0, 0.1) is 12.3 Å². The van der Waals surface area contributed by atoms with E-state index in [1.165, 1.54) is 7.11 Å². The van der Waals surface area contributed by atoms with Crippen LogP contribution < -0.4 is 0 Å². The molecule has 0 saturated carbocycles. The number of esters is 1. The second kappa shape index (κ2) is 4.03. The number of carbonyl (C=O) groups excluding carboxylic acids is 1. The number of terminal acetylenes is 1. The monoisotopic (exact) mass is 215 g/mol. The molecule has 0 fully saturated rings. The predicted octanol–water partition coefficient (Wildman–Crippen LogP) is 0.851. The number of benzene rings is 1. The number of ether oxygens (including phenoxy) is 1. The molecule has 2 aromatic rings. The van der Waals surface area contributed by atoms with E-state index < -0.39 is 5.97 Å². The van der Waals surface area contributed by atoms with Gasteiger partial charge in [-0.1, -0.05) is 11.1 Å². The third-order valence-electron chi connectivity index (χ3n) is 2.18. The SMILES string of the molecule is C#CCn1nnc2cc(C(=O)OC)ccc21. The summed E-state index contributed by atoms with van der Waals surface area (Å²) in [5.41, 5.74) is 1.87. The zero-order valence-corrected chi connectivity index (χ0v) is 8.67. The van der Waals surface area contributed by atoms with Gasteiger partial charge in [-0.05, 0) is 18.2 Å². The molecule has 16 heavy (non-hydrogen) atoms. The van der Waals surface area contributed by atoms with E-state index in [-0.39, 0.29) is 0 Å². The maximum absolute atomic E-state index is 11.3. The third-order valence-corrected chi connectivity index (χ3v) is 2.18. The zero-order valence-electron chi connectivity index (χ0n) is 8.67. The Labute approximate surface area is 92.0 Å². The van der Waals surface area contributed by atoms with Crippen molar-refractivity contribution in [2.75, 3.05) is 7.11 Å². The highest BCUT2D eigenvalue weighted by atomic mass is 16.5. The molecule has 1 heterocycles. The Hall–Kier alpha value is -2.35. The summed E-state index contributed by atoms with van der Waals surface area (Å²) in [4.78, 5) is 11.3. The van der Waals surface area contributed by atoms with E-state index >= 15 is 0 Å². The van der Waals surface area contributed by atoms with Crippen molar-refractivity contribution in [2.24, 2.45) is 0 Å². The Morgan fingerprint density at radius 2 is 2.44 bits per heavy atom. The molecule has 0 unspecified atom stereocenters. The first-order valence-corrected chi connectivity index (χ1v) is 4.61. The molecule has 0 aliphatic rings. The normalized spacial score (nSPS) is 10.0. The third kappa shape index (κ3) is 1.61. The molecule has 0 radical (unpaired) electrons. The first-order valence-electron chi connectivity index (χ1n) is 4.61. The molecule has 0 N–H and O–H groups in total. The minimum absolute atomic E-state index is 0.355. The van der Waals surface area contributed by atoms with Crippen LogP contribution in [0.3, 0.4) is 0 Å². The van der Waals surface area contributed by atoms with Crippen LogP contribution in [0.1, 0.15) is 10.4 Å². The fourth-order valence-corrected chi connectivity index (χ4v) is 1.42. The van der Waals surface area contributed by atoms with Crippen molar-refractivity contribution in [1.29, 1.82) is 0 Å². The lowest BCUT2D eigenvalue weighted by Crippen LogP contribution is -2.01. The Morgan fingerprint density at radius 1 is 1.62 bits per heavy atom. The molecule has 0 aliphatic heterocycles. The summed E-state index contributed by atoms with van der Waals surface area (Å²) < 4.78 is 6.21. The number of aromatic nitrogens is 3. The molecule has 0 spiro atoms. The van der Waals surface area contributed by atoms with Crippen LogP contribution >= 0.6 is 0 Å². The first kappa shape index (κ1) is 10.2. The Morgan fingerprint density at radius 3 is 3.12 bits per heavy atom. The Bertz CT molecular complexity index is 580. The maximum atomic E-state index is 11.3. The highest BCUT2D eigenvalue weighted by Gasteiger charge is 2.09. The van der Waals surface area contributed by atoms with Crippen LogP contribution in [0.4, 0.5) is 0 Å². The molecule has 2 rings (SSSR count). The average molecular weight is 215 g/mol. The van der Waals surface area contributed by atoms with Crippen molar-refractivity contribution in [3.63, 3.8) is 0 Å². The van der Waals surface area contributed by atoms with Gasteiger partial charge in [-0.3, -0.25) is 0 Å². The minimum atomic E-state index is -0.395. The van der Waals surface area contributed by atoms with E-state index in [0.717, 1.165) is 5.52 Å². The molecule has 0 aliphatic carbocycles. The summed E-state index contributed by atoms with van der Waals surface area (Å²) in [6.45, 7) is 0.355. The molecule has 1 aromatic carbocycles. The number of carbonyl (C=O) groups is 1. The minimum Gasteiger partial charge on any atom is -0.465 e. The molecule has 0 bridgehead atoms. The summed E-state index contributed by atoms with van der Waals surface area (Å²) in [6.07, 6.45) is 5.20. The molecular formula is C11H9N3O2. The van der Waals surface area contributed by atoms with Gasteiger partial charge in [0.05, 0.1) is 18.2 Å². The van der Waals surface area contributed by atoms with Gasteiger partial charge in [0.15, 0.2) is 0 Å². The summed E-state index contributed by atoms with van der Waals surface area (Å²) in [6, 6.07) is 5.03. The van der Waals surface area contributed by atoms with Crippen molar-refractivity contribution in [3.8, 4) is 12.3 Å². The lowest BCUT2D eigenvalue weighted by atomic mass is 10.2. The number of hydrogen-bond donors (Lipinski definition) is 0. The largest absolute Gasteiger partial charge is 0.465 e. The number of nitrogens with zero attached hydrogens (tertiary/aromatic N) is 3. The maximum Gasteiger partial charge on any atom is 0.337 e. The van der Waals surface area contributed by atoms with E-state index in [4.69, 9.17) is 6.42 Å². The van der Waals surface area contributed by atoms with Crippen molar-refractivity contribution in [3.05, 3.63) is 23.8 Å². The summed E-state index contributed by atoms with van der Waals surface area (Å²) >= 11 is 0. The van der Waals surface area contributed by atoms with Gasteiger partial charge in [-0.25, -0.2) is 9.48 Å². The topological polar surface area (TPSA) is 57.0 Å². The Balaban J connectivity index is 2.49. The van der Waals surface area contributed by atoms with E-state index in [1.54, 1.807) is 22.9 Å². The van der Waals surface area contributed by atoms with Crippen LogP contribution in [0.15, 0.2) is 18.2 Å². The van der Waals surface area contributed by atoms with Gasteiger partial charge in [0, 0.05) is 0 Å². The van der Waals surface area contributed by atoms with Gasteiger partial charge < -0.3 is 4.74 Å². The summed E-state index contributed by atoms with van der Waals surface area (Å²) in [5.74, 6) is 2.08. The summed E-state index contributed by atoms with van der Waals surface area (Å²) in [7, 11) is 1.34.